The lowest BCUT2D eigenvalue weighted by molar-refractivity contribution is -0.384. The van der Waals surface area contributed by atoms with Gasteiger partial charge in [-0.3, -0.25) is 10.1 Å². The molecule has 208 valence electrons. The number of nitro groups is 1. The van der Waals surface area contributed by atoms with Crippen LogP contribution in [0.25, 0.3) is 11.3 Å². The maximum absolute atomic E-state index is 11.0. The van der Waals surface area contributed by atoms with Crippen molar-refractivity contribution in [2.24, 2.45) is 10.7 Å². The van der Waals surface area contributed by atoms with E-state index in [9.17, 15) is 10.1 Å². The second-order valence-electron chi connectivity index (χ2n) is 9.55. The molecular weight excluding hydrogens is 532 g/mol. The van der Waals surface area contributed by atoms with Crippen LogP contribution < -0.4 is 21.3 Å². The number of guanidine groups is 1. The molecule has 0 unspecified atom stereocenters. The minimum atomic E-state index is -0.397. The highest BCUT2D eigenvalue weighted by Gasteiger charge is 2.20. The molecule has 5 aromatic rings. The van der Waals surface area contributed by atoms with E-state index in [-0.39, 0.29) is 11.6 Å². The standard InChI is InChI=1S/C30H26N10O2/c31-29(36-28-15-14-25(37-38-28)20-6-2-1-3-7-20)33-26-8-4-5-9-27(26)35-30-32-18-21-19-39(17-16-24(21)34-30)22-10-12-23(13-11-22)40(41)42/h1-15,18H,16-17,19H2,(H,32,34,35)(H3,31,33,36,38). The quantitative estimate of drug-likeness (QED) is 0.105. The number of hydrogen-bond acceptors (Lipinski definition) is 9. The van der Waals surface area contributed by atoms with E-state index < -0.39 is 4.92 Å². The molecule has 3 aromatic carbocycles. The van der Waals surface area contributed by atoms with E-state index in [4.69, 9.17) is 10.7 Å². The van der Waals surface area contributed by atoms with E-state index in [0.717, 1.165) is 40.4 Å². The molecule has 0 bridgehead atoms. The Kier molecular flexibility index (Phi) is 7.32. The SMILES string of the molecule is NC(=Nc1ccc(-c2ccccc2)nn1)Nc1ccccc1Nc1ncc2c(n1)CCN(c1ccc([N+](=O)[O-])cc1)C2. The predicted octanol–water partition coefficient (Wildman–Crippen LogP) is 5.21. The Hall–Kier alpha value is -5.91. The number of nitro benzene ring substituents is 1. The van der Waals surface area contributed by atoms with Crippen LogP contribution in [0.1, 0.15) is 11.3 Å². The average molecular weight is 559 g/mol. The molecule has 12 heteroatoms. The van der Waals surface area contributed by atoms with E-state index in [1.54, 1.807) is 18.2 Å². The molecule has 0 saturated carbocycles. The number of benzene rings is 3. The molecule has 3 heterocycles. The highest BCUT2D eigenvalue weighted by atomic mass is 16.6. The van der Waals surface area contributed by atoms with Gasteiger partial charge in [-0.1, -0.05) is 42.5 Å². The molecule has 0 aliphatic carbocycles. The first-order valence-electron chi connectivity index (χ1n) is 13.2. The summed E-state index contributed by atoms with van der Waals surface area (Å²) in [6.45, 7) is 1.36. The zero-order chi connectivity index (χ0) is 28.9. The van der Waals surface area contributed by atoms with Crippen molar-refractivity contribution < 1.29 is 4.92 Å². The van der Waals surface area contributed by atoms with Crippen LogP contribution in [-0.4, -0.2) is 37.6 Å². The second-order valence-corrected chi connectivity index (χ2v) is 9.55. The van der Waals surface area contributed by atoms with Crippen molar-refractivity contribution in [1.29, 1.82) is 0 Å². The van der Waals surface area contributed by atoms with Gasteiger partial charge < -0.3 is 21.3 Å². The Morgan fingerprint density at radius 2 is 1.69 bits per heavy atom. The minimum absolute atomic E-state index is 0.0733. The van der Waals surface area contributed by atoms with Crippen molar-refractivity contribution >= 4 is 40.5 Å². The molecule has 12 nitrogen and oxygen atoms in total. The van der Waals surface area contributed by atoms with Crippen LogP contribution in [0.15, 0.2) is 102 Å². The van der Waals surface area contributed by atoms with Crippen molar-refractivity contribution in [3.8, 4) is 11.3 Å². The number of anilines is 4. The van der Waals surface area contributed by atoms with Gasteiger partial charge in [-0.05, 0) is 36.4 Å². The van der Waals surface area contributed by atoms with Crippen LogP contribution in [0.3, 0.4) is 0 Å². The molecule has 0 amide bonds. The lowest BCUT2D eigenvalue weighted by Crippen LogP contribution is -2.31. The third kappa shape index (κ3) is 5.97. The fourth-order valence-electron chi connectivity index (χ4n) is 4.64. The lowest BCUT2D eigenvalue weighted by atomic mass is 10.1. The van der Waals surface area contributed by atoms with Crippen LogP contribution in [-0.2, 0) is 13.0 Å². The van der Waals surface area contributed by atoms with Gasteiger partial charge in [0.25, 0.3) is 5.69 Å². The summed E-state index contributed by atoms with van der Waals surface area (Å²) in [5.74, 6) is 0.999. The largest absolute Gasteiger partial charge is 0.369 e. The fourth-order valence-corrected chi connectivity index (χ4v) is 4.64. The molecule has 0 saturated heterocycles. The molecule has 0 radical (unpaired) electrons. The number of hydrogen-bond donors (Lipinski definition) is 3. The second kappa shape index (κ2) is 11.7. The Bertz CT molecular complexity index is 1740. The smallest absolute Gasteiger partial charge is 0.269 e. The van der Waals surface area contributed by atoms with Gasteiger partial charge in [-0.2, -0.15) is 4.99 Å². The van der Waals surface area contributed by atoms with Gasteiger partial charge in [-0.25, -0.2) is 9.97 Å². The third-order valence-corrected chi connectivity index (χ3v) is 6.75. The molecule has 0 fully saturated rings. The maximum atomic E-state index is 11.0. The van der Waals surface area contributed by atoms with Crippen LogP contribution >= 0.6 is 0 Å². The Labute approximate surface area is 241 Å². The van der Waals surface area contributed by atoms with Crippen LogP contribution in [0.2, 0.25) is 0 Å². The molecule has 0 spiro atoms. The van der Waals surface area contributed by atoms with Crippen LogP contribution in [0, 0.1) is 10.1 Å². The lowest BCUT2D eigenvalue weighted by Gasteiger charge is -2.30. The van der Waals surface area contributed by atoms with Crippen molar-refractivity contribution in [2.75, 3.05) is 22.1 Å². The summed E-state index contributed by atoms with van der Waals surface area (Å²) >= 11 is 0. The summed E-state index contributed by atoms with van der Waals surface area (Å²) in [4.78, 5) is 26.4. The van der Waals surface area contributed by atoms with Crippen LogP contribution in [0.4, 0.5) is 34.5 Å². The minimum Gasteiger partial charge on any atom is -0.369 e. The number of nitrogens with one attached hydrogen (secondary N) is 2. The highest BCUT2D eigenvalue weighted by molar-refractivity contribution is 5.97. The highest BCUT2D eigenvalue weighted by Crippen LogP contribution is 2.28. The van der Waals surface area contributed by atoms with E-state index in [0.29, 0.717) is 30.4 Å². The zero-order valence-electron chi connectivity index (χ0n) is 22.4. The van der Waals surface area contributed by atoms with Crippen molar-refractivity contribution in [3.05, 3.63) is 119 Å². The number of fused-ring (bicyclic) bond motifs is 1. The van der Waals surface area contributed by atoms with E-state index in [1.807, 2.05) is 66.9 Å². The number of non-ortho nitro benzene ring substituents is 1. The topological polar surface area (TPSA) is 160 Å². The monoisotopic (exact) mass is 558 g/mol. The molecule has 4 N–H and O–H groups in total. The molecular formula is C30H26N10O2. The van der Waals surface area contributed by atoms with Gasteiger partial charge in [0.1, 0.15) is 0 Å². The first-order chi connectivity index (χ1) is 20.5. The van der Waals surface area contributed by atoms with Crippen molar-refractivity contribution in [2.45, 2.75) is 13.0 Å². The van der Waals surface area contributed by atoms with E-state index >= 15 is 0 Å². The number of nitrogens with two attached hydrogens (primary N) is 1. The number of rotatable bonds is 7. The van der Waals surface area contributed by atoms with Gasteiger partial charge in [0.15, 0.2) is 11.8 Å². The Morgan fingerprint density at radius 3 is 2.43 bits per heavy atom. The predicted molar refractivity (Wildman–Crippen MR) is 162 cm³/mol. The summed E-state index contributed by atoms with van der Waals surface area (Å²) in [7, 11) is 0. The number of nitrogens with zero attached hydrogens (tertiary/aromatic N) is 7. The van der Waals surface area contributed by atoms with Gasteiger partial charge in [0, 0.05) is 54.7 Å². The zero-order valence-corrected chi connectivity index (χ0v) is 22.4. The van der Waals surface area contributed by atoms with Gasteiger partial charge in [0.2, 0.25) is 5.95 Å². The molecule has 6 rings (SSSR count). The first-order valence-corrected chi connectivity index (χ1v) is 13.2. The number of para-hydroxylation sites is 2. The molecule has 1 aliphatic rings. The van der Waals surface area contributed by atoms with Crippen LogP contribution in [0.5, 0.6) is 0 Å². The third-order valence-electron chi connectivity index (χ3n) is 6.75. The average Bonchev–Trinajstić information content (AvgIpc) is 3.02. The summed E-state index contributed by atoms with van der Waals surface area (Å²) in [5.41, 5.74) is 12.3. The summed E-state index contributed by atoms with van der Waals surface area (Å²) in [5, 5.41) is 25.8. The Balaban J connectivity index is 1.13. The normalized spacial score (nSPS) is 12.9. The fraction of sp³-hybridized carbons (Fsp3) is 0.100. The van der Waals surface area contributed by atoms with Gasteiger partial charge in [-0.15, -0.1) is 10.2 Å². The molecule has 2 aromatic heterocycles. The maximum Gasteiger partial charge on any atom is 0.269 e. The molecule has 42 heavy (non-hydrogen) atoms. The van der Waals surface area contributed by atoms with E-state index in [2.05, 4.69) is 35.7 Å². The molecule has 0 atom stereocenters. The van der Waals surface area contributed by atoms with Gasteiger partial charge in [0.05, 0.1) is 27.7 Å². The van der Waals surface area contributed by atoms with Crippen molar-refractivity contribution in [3.63, 3.8) is 0 Å². The Morgan fingerprint density at radius 1 is 0.929 bits per heavy atom. The summed E-state index contributed by atoms with van der Waals surface area (Å²) in [6, 6.07) is 27.5. The van der Waals surface area contributed by atoms with E-state index in [1.165, 1.54) is 12.1 Å². The first kappa shape index (κ1) is 26.3. The summed E-state index contributed by atoms with van der Waals surface area (Å²) in [6.07, 6.45) is 2.53. The number of aromatic nitrogens is 4. The number of aliphatic imine (C=N–C) groups is 1. The summed E-state index contributed by atoms with van der Waals surface area (Å²) < 4.78 is 0. The molecule has 1 aliphatic heterocycles. The van der Waals surface area contributed by atoms with Crippen molar-refractivity contribution in [1.82, 2.24) is 20.2 Å². The van der Waals surface area contributed by atoms with Gasteiger partial charge >= 0.3 is 0 Å².